The fourth-order valence-corrected chi connectivity index (χ4v) is 1.51. The number of nitrogens with two attached hydrogens (primary N) is 1. The van der Waals surface area contributed by atoms with Crippen LogP contribution in [0.3, 0.4) is 0 Å². The van der Waals surface area contributed by atoms with Crippen LogP contribution in [0.25, 0.3) is 0 Å². The van der Waals surface area contributed by atoms with E-state index >= 15 is 0 Å². The molecule has 1 aromatic carbocycles. The van der Waals surface area contributed by atoms with Gasteiger partial charge in [0.05, 0.1) is 16.9 Å². The molecule has 8 heteroatoms. The number of alkyl halides is 3. The molecule has 0 aliphatic rings. The molecule has 104 valence electrons. The number of benzene rings is 1. The van der Waals surface area contributed by atoms with E-state index < -0.39 is 18.1 Å². The van der Waals surface area contributed by atoms with E-state index in [4.69, 9.17) is 10.8 Å². The van der Waals surface area contributed by atoms with E-state index in [1.54, 1.807) is 0 Å². The minimum atomic E-state index is -5.02. The van der Waals surface area contributed by atoms with Gasteiger partial charge in [0.2, 0.25) is 0 Å². The van der Waals surface area contributed by atoms with Crippen LogP contribution in [-0.4, -0.2) is 29.7 Å². The molecule has 0 saturated heterocycles. The van der Waals surface area contributed by atoms with Gasteiger partial charge in [-0.2, -0.15) is 13.2 Å². The third-order valence-corrected chi connectivity index (χ3v) is 2.37. The number of anilines is 2. The first kappa shape index (κ1) is 14.8. The van der Waals surface area contributed by atoms with Gasteiger partial charge in [0.15, 0.2) is 0 Å². The van der Waals surface area contributed by atoms with Crippen molar-refractivity contribution in [3.63, 3.8) is 0 Å². The van der Waals surface area contributed by atoms with Crippen molar-refractivity contribution in [2.75, 3.05) is 17.2 Å². The van der Waals surface area contributed by atoms with Crippen molar-refractivity contribution in [2.45, 2.75) is 13.1 Å². The van der Waals surface area contributed by atoms with Crippen LogP contribution >= 0.6 is 0 Å². The van der Waals surface area contributed by atoms with E-state index in [1.165, 1.54) is 6.92 Å². The molecule has 0 atom stereocenters. The van der Waals surface area contributed by atoms with Crippen molar-refractivity contribution < 1.29 is 27.9 Å². The Morgan fingerprint density at radius 1 is 1.37 bits per heavy atom. The fourth-order valence-electron chi connectivity index (χ4n) is 1.51. The van der Waals surface area contributed by atoms with Gasteiger partial charge in [-0.05, 0) is 25.1 Å². The lowest BCUT2D eigenvalue weighted by molar-refractivity contribution is -0.170. The van der Waals surface area contributed by atoms with Crippen LogP contribution in [-0.2, 0) is 4.79 Å². The normalized spacial score (nSPS) is 11.2. The summed E-state index contributed by atoms with van der Waals surface area (Å²) in [6.45, 7) is 1.11. The fraction of sp³-hybridized carbons (Fsp3) is 0.273. The second-order valence-electron chi connectivity index (χ2n) is 3.63. The number of carbonyl (C=O) groups excluding carboxylic acids is 1. The number of carboxylic acids is 1. The second-order valence-corrected chi connectivity index (χ2v) is 3.63. The van der Waals surface area contributed by atoms with Crippen molar-refractivity contribution in [2.24, 2.45) is 0 Å². The number of hydrogen-bond donors (Lipinski definition) is 2. The first-order valence-corrected chi connectivity index (χ1v) is 5.20. The summed E-state index contributed by atoms with van der Waals surface area (Å²) in [7, 11) is 0. The van der Waals surface area contributed by atoms with Gasteiger partial charge in [0.1, 0.15) is 0 Å². The van der Waals surface area contributed by atoms with E-state index in [1.807, 2.05) is 0 Å². The van der Waals surface area contributed by atoms with Gasteiger partial charge < -0.3 is 15.7 Å². The molecule has 0 aromatic heterocycles. The molecule has 0 radical (unpaired) electrons. The van der Waals surface area contributed by atoms with Crippen molar-refractivity contribution >= 4 is 23.3 Å². The Bertz CT molecular complexity index is 514. The summed E-state index contributed by atoms with van der Waals surface area (Å²) in [5.41, 5.74) is 4.94. The Morgan fingerprint density at radius 2 is 1.95 bits per heavy atom. The number of rotatable bonds is 3. The van der Waals surface area contributed by atoms with E-state index in [2.05, 4.69) is 0 Å². The average Bonchev–Trinajstić information content (AvgIpc) is 2.30. The monoisotopic (exact) mass is 276 g/mol. The molecule has 5 nitrogen and oxygen atoms in total. The topological polar surface area (TPSA) is 83.6 Å². The Labute approximate surface area is 106 Å². The van der Waals surface area contributed by atoms with Crippen molar-refractivity contribution in [3.8, 4) is 0 Å². The molecule has 1 aromatic rings. The zero-order valence-electron chi connectivity index (χ0n) is 9.86. The summed E-state index contributed by atoms with van der Waals surface area (Å²) in [5, 5.41) is 8.72. The zero-order chi connectivity index (χ0) is 14.8. The second kappa shape index (κ2) is 5.17. The van der Waals surface area contributed by atoms with E-state index in [9.17, 15) is 22.8 Å². The quantitative estimate of drug-likeness (QED) is 0.826. The Balaban J connectivity index is 3.20. The maximum absolute atomic E-state index is 12.4. The van der Waals surface area contributed by atoms with Crippen molar-refractivity contribution in [1.29, 1.82) is 0 Å². The first-order valence-electron chi connectivity index (χ1n) is 5.20. The molecule has 19 heavy (non-hydrogen) atoms. The van der Waals surface area contributed by atoms with E-state index in [-0.39, 0.29) is 23.5 Å². The predicted molar refractivity (Wildman–Crippen MR) is 61.9 cm³/mol. The molecule has 0 fully saturated rings. The standard InChI is InChI=1S/C11H11F3N2O3/c1-2-16(10(19)11(12,13)14)8-4-3-6(9(17)18)5-7(8)15/h3-5H,2,15H2,1H3,(H,17,18). The van der Waals surface area contributed by atoms with Crippen LogP contribution in [0.15, 0.2) is 18.2 Å². The van der Waals surface area contributed by atoms with Gasteiger partial charge in [0, 0.05) is 6.54 Å². The minimum Gasteiger partial charge on any atom is -0.478 e. The molecule has 1 rings (SSSR count). The largest absolute Gasteiger partial charge is 0.478 e. The highest BCUT2D eigenvalue weighted by atomic mass is 19.4. The average molecular weight is 276 g/mol. The third kappa shape index (κ3) is 3.15. The van der Waals surface area contributed by atoms with Crippen LogP contribution in [0.2, 0.25) is 0 Å². The number of amides is 1. The van der Waals surface area contributed by atoms with Crippen molar-refractivity contribution in [3.05, 3.63) is 23.8 Å². The molecule has 0 unspecified atom stereocenters. The third-order valence-electron chi connectivity index (χ3n) is 2.37. The number of carbonyl (C=O) groups is 2. The summed E-state index contributed by atoms with van der Waals surface area (Å²) >= 11 is 0. The number of halogens is 3. The summed E-state index contributed by atoms with van der Waals surface area (Å²) in [4.78, 5) is 22.3. The number of hydrogen-bond acceptors (Lipinski definition) is 3. The molecular weight excluding hydrogens is 265 g/mol. The first-order chi connectivity index (χ1) is 8.68. The number of nitrogen functional groups attached to an aromatic ring is 1. The van der Waals surface area contributed by atoms with Gasteiger partial charge in [-0.25, -0.2) is 4.79 Å². The van der Waals surface area contributed by atoms with Crippen LogP contribution in [0.5, 0.6) is 0 Å². The zero-order valence-corrected chi connectivity index (χ0v) is 9.86. The SMILES string of the molecule is CCN(C(=O)C(F)(F)F)c1ccc(C(=O)O)cc1N. The van der Waals surface area contributed by atoms with Crippen LogP contribution in [0.1, 0.15) is 17.3 Å². The van der Waals surface area contributed by atoms with Gasteiger partial charge in [-0.3, -0.25) is 4.79 Å². The van der Waals surface area contributed by atoms with E-state index in [0.29, 0.717) is 4.90 Å². The van der Waals surface area contributed by atoms with Crippen LogP contribution < -0.4 is 10.6 Å². The Kier molecular flexibility index (Phi) is 4.03. The summed E-state index contributed by atoms with van der Waals surface area (Å²) in [6, 6.07) is 3.16. The number of nitrogens with zero attached hydrogens (tertiary/aromatic N) is 1. The smallest absolute Gasteiger partial charge is 0.471 e. The molecule has 0 aliphatic carbocycles. The van der Waals surface area contributed by atoms with Crippen LogP contribution in [0, 0.1) is 0 Å². The number of carboxylic acid groups (broad SMARTS) is 1. The molecule has 3 N–H and O–H groups in total. The Hall–Kier alpha value is -2.25. The lowest BCUT2D eigenvalue weighted by atomic mass is 10.1. The molecule has 0 spiro atoms. The maximum Gasteiger partial charge on any atom is 0.471 e. The predicted octanol–water partition coefficient (Wildman–Crippen LogP) is 1.88. The summed E-state index contributed by atoms with van der Waals surface area (Å²) in [5.74, 6) is -3.31. The highest BCUT2D eigenvalue weighted by molar-refractivity contribution is 6.00. The summed E-state index contributed by atoms with van der Waals surface area (Å²) < 4.78 is 37.2. The minimum absolute atomic E-state index is 0.170. The maximum atomic E-state index is 12.4. The highest BCUT2D eigenvalue weighted by Crippen LogP contribution is 2.28. The van der Waals surface area contributed by atoms with E-state index in [0.717, 1.165) is 18.2 Å². The molecular formula is C11H11F3N2O3. The molecule has 0 saturated carbocycles. The van der Waals surface area contributed by atoms with Gasteiger partial charge >= 0.3 is 18.1 Å². The lowest BCUT2D eigenvalue weighted by Gasteiger charge is -2.23. The lowest BCUT2D eigenvalue weighted by Crippen LogP contribution is -2.41. The Morgan fingerprint density at radius 3 is 2.32 bits per heavy atom. The molecule has 0 aliphatic heterocycles. The molecule has 0 heterocycles. The van der Waals surface area contributed by atoms with Gasteiger partial charge in [0.25, 0.3) is 0 Å². The van der Waals surface area contributed by atoms with Crippen LogP contribution in [0.4, 0.5) is 24.5 Å². The van der Waals surface area contributed by atoms with Gasteiger partial charge in [-0.15, -0.1) is 0 Å². The van der Waals surface area contributed by atoms with Crippen molar-refractivity contribution in [1.82, 2.24) is 0 Å². The molecule has 1 amide bonds. The molecule has 0 bridgehead atoms. The summed E-state index contributed by atoms with van der Waals surface area (Å²) in [6.07, 6.45) is -5.02. The highest BCUT2D eigenvalue weighted by Gasteiger charge is 2.42. The number of aromatic carboxylic acids is 1. The van der Waals surface area contributed by atoms with Gasteiger partial charge in [-0.1, -0.05) is 0 Å².